The second-order valence-corrected chi connectivity index (χ2v) is 3.64. The van der Waals surface area contributed by atoms with Crippen molar-refractivity contribution in [2.75, 3.05) is 0 Å². The van der Waals surface area contributed by atoms with Gasteiger partial charge in [-0.15, -0.1) is 0 Å². The Morgan fingerprint density at radius 1 is 1.69 bits per heavy atom. The highest BCUT2D eigenvalue weighted by Gasteiger charge is 2.07. The van der Waals surface area contributed by atoms with Gasteiger partial charge in [-0.25, -0.2) is 0 Å². The third-order valence-electron chi connectivity index (χ3n) is 2.39. The van der Waals surface area contributed by atoms with E-state index in [9.17, 15) is 0 Å². The van der Waals surface area contributed by atoms with Gasteiger partial charge in [-0.2, -0.15) is 0 Å². The third-order valence-corrected chi connectivity index (χ3v) is 2.39. The predicted molar refractivity (Wildman–Crippen MR) is 63.2 cm³/mol. The lowest BCUT2D eigenvalue weighted by Crippen LogP contribution is -2.32. The van der Waals surface area contributed by atoms with Gasteiger partial charge in [0, 0.05) is 31.4 Å². The Morgan fingerprint density at radius 2 is 2.50 bits per heavy atom. The highest BCUT2D eigenvalue weighted by molar-refractivity contribution is 5.80. The van der Waals surface area contributed by atoms with E-state index in [4.69, 9.17) is 10.9 Å². The predicted octanol–water partition coefficient (Wildman–Crippen LogP) is 1.09. The number of hydrogen-bond acceptors (Lipinski definition) is 4. The fourth-order valence-electron chi connectivity index (χ4n) is 1.42. The van der Waals surface area contributed by atoms with Crippen molar-refractivity contribution in [3.05, 3.63) is 30.1 Å². The first-order chi connectivity index (χ1) is 7.76. The molecule has 0 aromatic carbocycles. The molecule has 0 saturated carbocycles. The number of oxime groups is 1. The maximum atomic E-state index is 8.49. The van der Waals surface area contributed by atoms with Crippen LogP contribution in [0.2, 0.25) is 0 Å². The monoisotopic (exact) mass is 222 g/mol. The molecule has 0 saturated heterocycles. The van der Waals surface area contributed by atoms with Crippen molar-refractivity contribution < 1.29 is 5.21 Å². The van der Waals surface area contributed by atoms with E-state index >= 15 is 0 Å². The first-order valence-electron chi connectivity index (χ1n) is 5.35. The molecule has 0 aliphatic carbocycles. The van der Waals surface area contributed by atoms with Crippen LogP contribution in [-0.4, -0.2) is 22.1 Å². The summed E-state index contributed by atoms with van der Waals surface area (Å²) in [4.78, 5) is 4.04. The molecule has 88 valence electrons. The van der Waals surface area contributed by atoms with Crippen molar-refractivity contribution in [2.24, 2.45) is 10.9 Å². The third kappa shape index (κ3) is 4.27. The molecule has 0 spiro atoms. The lowest BCUT2D eigenvalue weighted by molar-refractivity contribution is 0.315. The Labute approximate surface area is 95.4 Å². The van der Waals surface area contributed by atoms with E-state index in [1.54, 1.807) is 6.20 Å². The second kappa shape index (κ2) is 6.79. The molecule has 16 heavy (non-hydrogen) atoms. The number of pyridine rings is 1. The molecule has 0 aliphatic heterocycles. The van der Waals surface area contributed by atoms with Gasteiger partial charge >= 0.3 is 0 Å². The second-order valence-electron chi connectivity index (χ2n) is 3.64. The van der Waals surface area contributed by atoms with E-state index < -0.39 is 0 Å². The highest BCUT2D eigenvalue weighted by Crippen LogP contribution is 2.01. The molecule has 0 amide bonds. The maximum absolute atomic E-state index is 8.49. The van der Waals surface area contributed by atoms with E-state index in [0.717, 1.165) is 18.5 Å². The highest BCUT2D eigenvalue weighted by atomic mass is 16.4. The Bertz CT molecular complexity index is 326. The minimum absolute atomic E-state index is 0.219. The van der Waals surface area contributed by atoms with Crippen molar-refractivity contribution in [1.82, 2.24) is 10.3 Å². The molecule has 0 bridgehead atoms. The molecule has 1 aromatic rings. The molecule has 1 aromatic heterocycles. The van der Waals surface area contributed by atoms with Gasteiger partial charge in [0.2, 0.25) is 0 Å². The summed E-state index contributed by atoms with van der Waals surface area (Å²) in [7, 11) is 0. The summed E-state index contributed by atoms with van der Waals surface area (Å²) in [6, 6.07) is 4.13. The molecule has 1 heterocycles. The number of hydrogen-bond donors (Lipinski definition) is 3. The van der Waals surface area contributed by atoms with Crippen LogP contribution >= 0.6 is 0 Å². The summed E-state index contributed by atoms with van der Waals surface area (Å²) in [5.74, 6) is 0.255. The fraction of sp³-hybridized carbons (Fsp3) is 0.455. The fourth-order valence-corrected chi connectivity index (χ4v) is 1.42. The molecule has 0 radical (unpaired) electrons. The van der Waals surface area contributed by atoms with Crippen LogP contribution in [0.25, 0.3) is 0 Å². The molecule has 1 rings (SSSR count). The van der Waals surface area contributed by atoms with Crippen molar-refractivity contribution in [3.8, 4) is 0 Å². The van der Waals surface area contributed by atoms with E-state index in [-0.39, 0.29) is 11.9 Å². The quantitative estimate of drug-likeness (QED) is 0.291. The van der Waals surface area contributed by atoms with Crippen molar-refractivity contribution >= 4 is 5.84 Å². The van der Waals surface area contributed by atoms with Gasteiger partial charge in [-0.05, 0) is 18.1 Å². The van der Waals surface area contributed by atoms with Gasteiger partial charge in [-0.3, -0.25) is 4.98 Å². The summed E-state index contributed by atoms with van der Waals surface area (Å²) in [6.07, 6.45) is 5.05. The summed E-state index contributed by atoms with van der Waals surface area (Å²) in [5.41, 5.74) is 6.59. The number of aromatic nitrogens is 1. The first-order valence-corrected chi connectivity index (χ1v) is 5.35. The number of nitrogens with one attached hydrogen (secondary N) is 1. The molecule has 0 fully saturated rings. The largest absolute Gasteiger partial charge is 0.409 e. The summed E-state index contributed by atoms with van der Waals surface area (Å²) < 4.78 is 0. The molecular weight excluding hydrogens is 204 g/mol. The Kier molecular flexibility index (Phi) is 5.28. The number of rotatable bonds is 6. The Hall–Kier alpha value is -1.62. The van der Waals surface area contributed by atoms with Crippen LogP contribution in [0.5, 0.6) is 0 Å². The minimum Gasteiger partial charge on any atom is -0.409 e. The molecule has 1 unspecified atom stereocenters. The molecule has 0 aliphatic rings. The van der Waals surface area contributed by atoms with Gasteiger partial charge in [0.15, 0.2) is 0 Å². The minimum atomic E-state index is 0.219. The van der Waals surface area contributed by atoms with Crippen LogP contribution < -0.4 is 11.1 Å². The Morgan fingerprint density at radius 3 is 3.06 bits per heavy atom. The average molecular weight is 222 g/mol. The van der Waals surface area contributed by atoms with E-state index in [0.29, 0.717) is 6.42 Å². The Balaban J connectivity index is 2.40. The van der Waals surface area contributed by atoms with Crippen molar-refractivity contribution in [1.29, 1.82) is 0 Å². The van der Waals surface area contributed by atoms with Crippen LogP contribution in [0.4, 0.5) is 0 Å². The standard InChI is InChI=1S/C11H18N4O/c1-2-10(6-11(12)15-16)14-8-9-4-3-5-13-7-9/h3-5,7,10,14,16H,2,6,8H2,1H3,(H2,12,15). The van der Waals surface area contributed by atoms with Crippen LogP contribution in [0.3, 0.4) is 0 Å². The number of amidine groups is 1. The van der Waals surface area contributed by atoms with Gasteiger partial charge in [0.05, 0.1) is 0 Å². The van der Waals surface area contributed by atoms with Crippen LogP contribution in [0, 0.1) is 0 Å². The number of nitrogens with zero attached hydrogens (tertiary/aromatic N) is 2. The molecule has 1 atom stereocenters. The van der Waals surface area contributed by atoms with Crippen molar-refractivity contribution in [2.45, 2.75) is 32.4 Å². The van der Waals surface area contributed by atoms with Crippen LogP contribution in [0.1, 0.15) is 25.3 Å². The molecule has 5 nitrogen and oxygen atoms in total. The van der Waals surface area contributed by atoms with Gasteiger partial charge in [0.25, 0.3) is 0 Å². The number of nitrogens with two attached hydrogens (primary N) is 1. The molecular formula is C11H18N4O. The van der Waals surface area contributed by atoms with Crippen LogP contribution in [0.15, 0.2) is 29.7 Å². The molecule has 4 N–H and O–H groups in total. The zero-order valence-corrected chi connectivity index (χ0v) is 9.43. The van der Waals surface area contributed by atoms with E-state index in [1.807, 2.05) is 18.3 Å². The SMILES string of the molecule is CCC(CC(N)=NO)NCc1cccnc1. The zero-order valence-electron chi connectivity index (χ0n) is 9.43. The van der Waals surface area contributed by atoms with E-state index in [2.05, 4.69) is 22.4 Å². The average Bonchev–Trinajstić information content (AvgIpc) is 2.35. The lowest BCUT2D eigenvalue weighted by Gasteiger charge is -2.15. The van der Waals surface area contributed by atoms with Crippen molar-refractivity contribution in [3.63, 3.8) is 0 Å². The topological polar surface area (TPSA) is 83.5 Å². The van der Waals surface area contributed by atoms with Crippen LogP contribution in [-0.2, 0) is 6.54 Å². The first kappa shape index (κ1) is 12.4. The smallest absolute Gasteiger partial charge is 0.140 e. The summed E-state index contributed by atoms with van der Waals surface area (Å²) in [5, 5.41) is 14.8. The maximum Gasteiger partial charge on any atom is 0.140 e. The van der Waals surface area contributed by atoms with Gasteiger partial charge < -0.3 is 16.3 Å². The van der Waals surface area contributed by atoms with E-state index in [1.165, 1.54) is 0 Å². The summed E-state index contributed by atoms with van der Waals surface area (Å²) >= 11 is 0. The summed E-state index contributed by atoms with van der Waals surface area (Å²) in [6.45, 7) is 2.80. The zero-order chi connectivity index (χ0) is 11.8. The van der Waals surface area contributed by atoms with Gasteiger partial charge in [-0.1, -0.05) is 18.1 Å². The lowest BCUT2D eigenvalue weighted by atomic mass is 10.1. The normalized spacial score (nSPS) is 13.7. The molecule has 5 heteroatoms. The van der Waals surface area contributed by atoms with Gasteiger partial charge in [0.1, 0.15) is 5.84 Å².